The Morgan fingerprint density at radius 1 is 1.21 bits per heavy atom. The van der Waals surface area contributed by atoms with Crippen LogP contribution in [-0.2, 0) is 20.6 Å². The number of hydrogen-bond donors (Lipinski definition) is 2. The van der Waals surface area contributed by atoms with E-state index < -0.39 is 17.4 Å². The summed E-state index contributed by atoms with van der Waals surface area (Å²) >= 11 is 5.85. The molecule has 0 spiro atoms. The number of aliphatic hydroxyl groups is 1. The lowest BCUT2D eigenvalue weighted by atomic mass is 10.3. The Bertz CT molecular complexity index is 1100. The fourth-order valence-corrected chi connectivity index (χ4v) is 3.03. The lowest BCUT2D eigenvalue weighted by Gasteiger charge is -2.16. The largest absolute Gasteiger partial charge is 0.491 e. The summed E-state index contributed by atoms with van der Waals surface area (Å²) in [5.74, 6) is 0.977. The van der Waals surface area contributed by atoms with E-state index in [-0.39, 0.29) is 24.3 Å². The average Bonchev–Trinajstić information content (AvgIpc) is 3.03. The molecule has 0 amide bonds. The van der Waals surface area contributed by atoms with Crippen molar-refractivity contribution < 1.29 is 9.84 Å². The molecule has 3 rings (SSSR count). The van der Waals surface area contributed by atoms with Gasteiger partial charge in [0.1, 0.15) is 18.5 Å². The van der Waals surface area contributed by atoms with Crippen molar-refractivity contribution in [3.63, 3.8) is 0 Å². The highest BCUT2D eigenvalue weighted by Gasteiger charge is 2.21. The first-order valence-electron chi connectivity index (χ1n) is 8.80. The molecule has 0 radical (unpaired) electrons. The topological polar surface area (TPSA) is 103 Å². The molecule has 1 unspecified atom stereocenters. The van der Waals surface area contributed by atoms with Crippen LogP contribution in [0.4, 0.5) is 5.95 Å². The fourth-order valence-electron chi connectivity index (χ4n) is 2.90. The van der Waals surface area contributed by atoms with E-state index in [4.69, 9.17) is 16.3 Å². The molecular weight excluding hydrogens is 386 g/mol. The smallest absolute Gasteiger partial charge is 0.332 e. The quantitative estimate of drug-likeness (QED) is 0.604. The number of imidazole rings is 1. The number of aliphatic hydroxyl groups excluding tert-OH is 1. The van der Waals surface area contributed by atoms with Crippen molar-refractivity contribution in [3.8, 4) is 5.75 Å². The van der Waals surface area contributed by atoms with Crippen LogP contribution in [0.1, 0.15) is 6.92 Å². The lowest BCUT2D eigenvalue weighted by molar-refractivity contribution is 0.0938. The van der Waals surface area contributed by atoms with E-state index in [9.17, 15) is 14.7 Å². The number of nitrogens with one attached hydrogen (secondary N) is 1. The van der Waals surface area contributed by atoms with E-state index in [0.29, 0.717) is 23.3 Å². The van der Waals surface area contributed by atoms with Gasteiger partial charge in [0.25, 0.3) is 5.56 Å². The van der Waals surface area contributed by atoms with Crippen molar-refractivity contribution in [1.82, 2.24) is 18.7 Å². The van der Waals surface area contributed by atoms with Gasteiger partial charge in [-0.1, -0.05) is 11.6 Å². The van der Waals surface area contributed by atoms with Crippen molar-refractivity contribution in [2.24, 2.45) is 14.1 Å². The van der Waals surface area contributed by atoms with Crippen LogP contribution >= 0.6 is 11.6 Å². The van der Waals surface area contributed by atoms with E-state index in [2.05, 4.69) is 10.3 Å². The molecule has 0 aliphatic rings. The third-order valence-corrected chi connectivity index (χ3v) is 4.58. The molecule has 0 saturated carbocycles. The number of aryl methyl sites for hydroxylation is 1. The minimum atomic E-state index is -0.910. The predicted molar refractivity (Wildman–Crippen MR) is 107 cm³/mol. The standard InChI is InChI=1S/C18H22ClN5O4/c1-4-20-17-21-15-14(16(26)23(3)18(27)22(15)2)24(17)9-12(25)10-28-13-7-5-11(19)6-8-13/h5-8,12,25H,4,9-10H2,1-3H3,(H,20,21). The Balaban J connectivity index is 1.92. The molecule has 1 aromatic carbocycles. The minimum Gasteiger partial charge on any atom is -0.491 e. The first kappa shape index (κ1) is 20.0. The number of nitrogens with zero attached hydrogens (tertiary/aromatic N) is 4. The van der Waals surface area contributed by atoms with Gasteiger partial charge in [0.05, 0.1) is 6.54 Å². The van der Waals surface area contributed by atoms with Gasteiger partial charge in [-0.2, -0.15) is 4.98 Å². The summed E-state index contributed by atoms with van der Waals surface area (Å²) in [5.41, 5.74) is -0.432. The van der Waals surface area contributed by atoms with E-state index in [1.807, 2.05) is 6.92 Å². The van der Waals surface area contributed by atoms with Gasteiger partial charge < -0.3 is 19.7 Å². The summed E-state index contributed by atoms with van der Waals surface area (Å²) in [6, 6.07) is 6.80. The van der Waals surface area contributed by atoms with Crippen LogP contribution in [0.3, 0.4) is 0 Å². The second kappa shape index (κ2) is 8.07. The van der Waals surface area contributed by atoms with Crippen LogP contribution in [0.2, 0.25) is 5.02 Å². The molecule has 1 atom stereocenters. The van der Waals surface area contributed by atoms with Gasteiger partial charge in [0, 0.05) is 25.7 Å². The Hall–Kier alpha value is -2.78. The van der Waals surface area contributed by atoms with E-state index >= 15 is 0 Å². The van der Waals surface area contributed by atoms with Crippen LogP contribution < -0.4 is 21.3 Å². The van der Waals surface area contributed by atoms with E-state index in [1.165, 1.54) is 11.6 Å². The number of hydrogen-bond acceptors (Lipinski definition) is 6. The maximum atomic E-state index is 12.7. The maximum absolute atomic E-state index is 12.7. The van der Waals surface area contributed by atoms with Gasteiger partial charge in [-0.15, -0.1) is 0 Å². The maximum Gasteiger partial charge on any atom is 0.332 e. The molecule has 2 heterocycles. The molecule has 0 aliphatic carbocycles. The molecule has 0 bridgehead atoms. The molecule has 0 saturated heterocycles. The molecular formula is C18H22ClN5O4. The van der Waals surface area contributed by atoms with Crippen molar-refractivity contribution in [3.05, 3.63) is 50.1 Å². The van der Waals surface area contributed by atoms with Gasteiger partial charge in [0.2, 0.25) is 5.95 Å². The Morgan fingerprint density at radius 2 is 1.89 bits per heavy atom. The van der Waals surface area contributed by atoms with Crippen molar-refractivity contribution >= 4 is 28.7 Å². The number of anilines is 1. The van der Waals surface area contributed by atoms with Crippen LogP contribution in [-0.4, -0.2) is 43.0 Å². The van der Waals surface area contributed by atoms with Crippen LogP contribution in [0.25, 0.3) is 11.2 Å². The molecule has 28 heavy (non-hydrogen) atoms. The highest BCUT2D eigenvalue weighted by molar-refractivity contribution is 6.30. The number of rotatable bonds is 7. The van der Waals surface area contributed by atoms with E-state index in [0.717, 1.165) is 4.57 Å². The normalized spacial score (nSPS) is 12.3. The first-order valence-corrected chi connectivity index (χ1v) is 9.17. The first-order chi connectivity index (χ1) is 13.3. The molecule has 9 nitrogen and oxygen atoms in total. The number of aromatic nitrogens is 4. The van der Waals surface area contributed by atoms with Gasteiger partial charge in [0.15, 0.2) is 11.2 Å². The van der Waals surface area contributed by atoms with Gasteiger partial charge in [-0.3, -0.25) is 13.9 Å². The zero-order valence-corrected chi connectivity index (χ0v) is 16.6. The third-order valence-electron chi connectivity index (χ3n) is 4.33. The summed E-state index contributed by atoms with van der Waals surface area (Å²) in [6.07, 6.45) is -0.910. The zero-order chi connectivity index (χ0) is 20.4. The molecule has 0 fully saturated rings. The Kier molecular flexibility index (Phi) is 5.76. The minimum absolute atomic E-state index is 0.0128. The number of halogens is 1. The molecule has 3 aromatic rings. The summed E-state index contributed by atoms with van der Waals surface area (Å²) < 4.78 is 9.49. The summed E-state index contributed by atoms with van der Waals surface area (Å²) in [6.45, 7) is 2.54. The summed E-state index contributed by atoms with van der Waals surface area (Å²) in [4.78, 5) is 29.2. The second-order valence-electron chi connectivity index (χ2n) is 6.37. The van der Waals surface area contributed by atoms with Crippen molar-refractivity contribution in [1.29, 1.82) is 0 Å². The summed E-state index contributed by atoms with van der Waals surface area (Å²) in [5, 5.41) is 14.1. The molecule has 0 aliphatic heterocycles. The second-order valence-corrected chi connectivity index (χ2v) is 6.81. The summed E-state index contributed by atoms with van der Waals surface area (Å²) in [7, 11) is 2.96. The van der Waals surface area contributed by atoms with Crippen molar-refractivity contribution in [2.45, 2.75) is 19.6 Å². The van der Waals surface area contributed by atoms with Gasteiger partial charge in [-0.25, -0.2) is 4.79 Å². The number of ether oxygens (including phenoxy) is 1. The molecule has 150 valence electrons. The van der Waals surface area contributed by atoms with Gasteiger partial charge >= 0.3 is 5.69 Å². The zero-order valence-electron chi connectivity index (χ0n) is 15.8. The third kappa shape index (κ3) is 3.76. The highest BCUT2D eigenvalue weighted by atomic mass is 35.5. The Labute approximate surface area is 165 Å². The van der Waals surface area contributed by atoms with Crippen LogP contribution in [0.5, 0.6) is 5.75 Å². The molecule has 10 heteroatoms. The Morgan fingerprint density at radius 3 is 2.54 bits per heavy atom. The van der Waals surface area contributed by atoms with Crippen LogP contribution in [0.15, 0.2) is 33.9 Å². The number of fused-ring (bicyclic) bond motifs is 1. The van der Waals surface area contributed by atoms with Crippen molar-refractivity contribution in [2.75, 3.05) is 18.5 Å². The van der Waals surface area contributed by atoms with Crippen LogP contribution in [0, 0.1) is 0 Å². The monoisotopic (exact) mass is 407 g/mol. The SMILES string of the molecule is CCNc1nc2c(c(=O)n(C)c(=O)n2C)n1CC(O)COc1ccc(Cl)cc1. The molecule has 2 N–H and O–H groups in total. The molecule has 2 aromatic heterocycles. The lowest BCUT2D eigenvalue weighted by Crippen LogP contribution is -2.38. The van der Waals surface area contributed by atoms with E-state index in [1.54, 1.807) is 35.9 Å². The fraction of sp³-hybridized carbons (Fsp3) is 0.389. The number of benzene rings is 1. The predicted octanol–water partition coefficient (Wildman–Crippen LogP) is 0.959. The highest BCUT2D eigenvalue weighted by Crippen LogP contribution is 2.18. The average molecular weight is 408 g/mol. The van der Waals surface area contributed by atoms with Gasteiger partial charge in [-0.05, 0) is 31.2 Å².